The number of rotatable bonds is 5. The Morgan fingerprint density at radius 3 is 2.56 bits per heavy atom. The molecule has 4 rings (SSSR count). The number of alkyl halides is 3. The van der Waals surface area contributed by atoms with Gasteiger partial charge in [0.15, 0.2) is 5.65 Å². The first-order valence-electron chi connectivity index (χ1n) is 10.1. The van der Waals surface area contributed by atoms with Crippen molar-refractivity contribution in [2.45, 2.75) is 13.1 Å². The largest absolute Gasteiger partial charge is 0.433 e. The smallest absolute Gasteiger partial charge is 0.357 e. The molecule has 3 heterocycles. The highest BCUT2D eigenvalue weighted by molar-refractivity contribution is 6.04. The number of pyridine rings is 2. The maximum atomic E-state index is 12.9. The molecule has 0 spiro atoms. The SMILES string of the molecule is C=Cc1nc2nc(NC)ncc2cc1-c1cc(NC(=O)c2ccnc(C(F)(F)F)c2)ccc1C. The average Bonchev–Trinajstić information content (AvgIpc) is 2.83. The molecular weight excluding hydrogens is 445 g/mol. The lowest BCUT2D eigenvalue weighted by molar-refractivity contribution is -0.141. The maximum Gasteiger partial charge on any atom is 0.433 e. The second kappa shape index (κ2) is 8.89. The van der Waals surface area contributed by atoms with Gasteiger partial charge in [0.2, 0.25) is 5.95 Å². The molecule has 172 valence electrons. The van der Waals surface area contributed by atoms with Crippen LogP contribution in [0, 0.1) is 6.92 Å². The number of hydrogen-bond donors (Lipinski definition) is 2. The van der Waals surface area contributed by atoms with Gasteiger partial charge in [-0.1, -0.05) is 12.6 Å². The molecule has 0 unspecified atom stereocenters. The van der Waals surface area contributed by atoms with Gasteiger partial charge in [-0.15, -0.1) is 0 Å². The number of hydrogen-bond acceptors (Lipinski definition) is 6. The van der Waals surface area contributed by atoms with Crippen LogP contribution < -0.4 is 10.6 Å². The Labute approximate surface area is 192 Å². The Morgan fingerprint density at radius 1 is 1.06 bits per heavy atom. The number of aryl methyl sites for hydroxylation is 1. The van der Waals surface area contributed by atoms with E-state index >= 15 is 0 Å². The highest BCUT2D eigenvalue weighted by atomic mass is 19.4. The van der Waals surface area contributed by atoms with Gasteiger partial charge in [0.1, 0.15) is 5.69 Å². The van der Waals surface area contributed by atoms with E-state index in [9.17, 15) is 18.0 Å². The summed E-state index contributed by atoms with van der Waals surface area (Å²) in [6.07, 6.45) is -0.428. The summed E-state index contributed by atoms with van der Waals surface area (Å²) in [5.74, 6) is -0.246. The third kappa shape index (κ3) is 4.56. The van der Waals surface area contributed by atoms with Crippen molar-refractivity contribution < 1.29 is 18.0 Å². The summed E-state index contributed by atoms with van der Waals surface area (Å²) in [4.78, 5) is 29.1. The maximum absolute atomic E-state index is 12.9. The number of nitrogens with one attached hydrogen (secondary N) is 2. The lowest BCUT2D eigenvalue weighted by Crippen LogP contribution is -2.15. The molecule has 34 heavy (non-hydrogen) atoms. The Bertz CT molecular complexity index is 1420. The van der Waals surface area contributed by atoms with Crippen molar-refractivity contribution in [2.75, 3.05) is 17.7 Å². The molecule has 10 heteroatoms. The van der Waals surface area contributed by atoms with Gasteiger partial charge in [-0.05, 0) is 54.5 Å². The number of fused-ring (bicyclic) bond motifs is 1. The van der Waals surface area contributed by atoms with Crippen LogP contribution in [0.1, 0.15) is 27.3 Å². The van der Waals surface area contributed by atoms with Gasteiger partial charge < -0.3 is 10.6 Å². The van der Waals surface area contributed by atoms with E-state index in [-0.39, 0.29) is 5.56 Å². The van der Waals surface area contributed by atoms with Crippen molar-refractivity contribution in [1.29, 1.82) is 0 Å². The predicted molar refractivity (Wildman–Crippen MR) is 124 cm³/mol. The van der Waals surface area contributed by atoms with E-state index in [1.807, 2.05) is 13.0 Å². The van der Waals surface area contributed by atoms with Crippen LogP contribution >= 0.6 is 0 Å². The number of amides is 1. The Kier molecular flexibility index (Phi) is 5.97. The third-order valence-electron chi connectivity index (χ3n) is 5.11. The van der Waals surface area contributed by atoms with Crippen LogP contribution in [0.4, 0.5) is 24.8 Å². The summed E-state index contributed by atoms with van der Waals surface area (Å²) in [5, 5.41) is 6.23. The van der Waals surface area contributed by atoms with E-state index in [0.717, 1.165) is 22.9 Å². The summed E-state index contributed by atoms with van der Waals surface area (Å²) in [5.41, 5.74) is 2.63. The van der Waals surface area contributed by atoms with Gasteiger partial charge in [0.25, 0.3) is 5.91 Å². The van der Waals surface area contributed by atoms with Crippen LogP contribution in [0.3, 0.4) is 0 Å². The number of nitrogens with zero attached hydrogens (tertiary/aromatic N) is 4. The molecule has 3 aromatic heterocycles. The average molecular weight is 464 g/mol. The summed E-state index contributed by atoms with van der Waals surface area (Å²) in [6, 6.07) is 9.03. The molecule has 1 amide bonds. The van der Waals surface area contributed by atoms with Gasteiger partial charge in [-0.3, -0.25) is 9.78 Å². The summed E-state index contributed by atoms with van der Waals surface area (Å²) >= 11 is 0. The lowest BCUT2D eigenvalue weighted by Gasteiger charge is -2.14. The van der Waals surface area contributed by atoms with Gasteiger partial charge >= 0.3 is 6.18 Å². The van der Waals surface area contributed by atoms with Crippen LogP contribution in [0.25, 0.3) is 28.2 Å². The zero-order valence-electron chi connectivity index (χ0n) is 18.2. The second-order valence-electron chi connectivity index (χ2n) is 7.39. The first-order valence-corrected chi connectivity index (χ1v) is 10.1. The van der Waals surface area contributed by atoms with E-state index in [2.05, 4.69) is 37.1 Å². The van der Waals surface area contributed by atoms with Crippen molar-refractivity contribution in [3.8, 4) is 11.1 Å². The van der Waals surface area contributed by atoms with Crippen molar-refractivity contribution in [3.05, 3.63) is 77.9 Å². The Balaban J connectivity index is 1.71. The molecule has 0 saturated heterocycles. The standard InChI is InChI=1S/C24H19F3N6O/c1-4-19-18(9-15-12-30-23(28-3)33-21(15)32-19)17-11-16(6-5-13(17)2)31-22(34)14-7-8-29-20(10-14)24(25,26)27/h4-12H,1H2,2-3H3,(H,31,34)(H,28,30,32,33). The summed E-state index contributed by atoms with van der Waals surface area (Å²) in [7, 11) is 1.71. The fourth-order valence-electron chi connectivity index (χ4n) is 3.39. The predicted octanol–water partition coefficient (Wildman–Crippen LogP) is 5.35. The van der Waals surface area contributed by atoms with Crippen molar-refractivity contribution >= 4 is 34.7 Å². The molecule has 0 aliphatic heterocycles. The zero-order chi connectivity index (χ0) is 24.5. The minimum atomic E-state index is -4.64. The van der Waals surface area contributed by atoms with Crippen LogP contribution in [0.5, 0.6) is 0 Å². The number of anilines is 2. The van der Waals surface area contributed by atoms with Crippen LogP contribution in [0.15, 0.2) is 55.4 Å². The van der Waals surface area contributed by atoms with Gasteiger partial charge in [0.05, 0.1) is 5.69 Å². The third-order valence-corrected chi connectivity index (χ3v) is 5.11. The molecular formula is C24H19F3N6O. The monoisotopic (exact) mass is 464 g/mol. The van der Waals surface area contributed by atoms with Crippen LogP contribution in [-0.2, 0) is 6.18 Å². The minimum absolute atomic E-state index is 0.152. The molecule has 4 aromatic rings. The lowest BCUT2D eigenvalue weighted by atomic mass is 9.97. The Morgan fingerprint density at radius 2 is 1.85 bits per heavy atom. The molecule has 0 saturated carbocycles. The van der Waals surface area contributed by atoms with E-state index in [1.54, 1.807) is 37.5 Å². The number of carbonyl (C=O) groups is 1. The molecule has 7 nitrogen and oxygen atoms in total. The fourth-order valence-corrected chi connectivity index (χ4v) is 3.39. The Hall–Kier alpha value is -4.34. The number of aromatic nitrogens is 4. The van der Waals surface area contributed by atoms with Crippen molar-refractivity contribution in [1.82, 2.24) is 19.9 Å². The topological polar surface area (TPSA) is 92.7 Å². The van der Waals surface area contributed by atoms with Crippen molar-refractivity contribution in [3.63, 3.8) is 0 Å². The molecule has 0 aliphatic rings. The van der Waals surface area contributed by atoms with Gasteiger partial charge in [-0.25, -0.2) is 9.97 Å². The van der Waals surface area contributed by atoms with Crippen molar-refractivity contribution in [2.24, 2.45) is 0 Å². The summed E-state index contributed by atoms with van der Waals surface area (Å²) in [6.45, 7) is 5.75. The molecule has 0 aliphatic carbocycles. The summed E-state index contributed by atoms with van der Waals surface area (Å²) < 4.78 is 38.8. The highest BCUT2D eigenvalue weighted by Crippen LogP contribution is 2.32. The van der Waals surface area contributed by atoms with E-state index in [0.29, 0.717) is 34.4 Å². The molecule has 1 aromatic carbocycles. The van der Waals surface area contributed by atoms with E-state index in [4.69, 9.17) is 0 Å². The first kappa shape index (κ1) is 22.8. The quantitative estimate of drug-likeness (QED) is 0.414. The minimum Gasteiger partial charge on any atom is -0.357 e. The molecule has 0 bridgehead atoms. The number of halogens is 3. The highest BCUT2D eigenvalue weighted by Gasteiger charge is 2.33. The number of benzene rings is 1. The first-order chi connectivity index (χ1) is 16.2. The second-order valence-corrected chi connectivity index (χ2v) is 7.39. The van der Waals surface area contributed by atoms with E-state index in [1.165, 1.54) is 6.07 Å². The molecule has 2 N–H and O–H groups in total. The number of carbonyl (C=O) groups excluding carboxylic acids is 1. The van der Waals surface area contributed by atoms with Gasteiger partial charge in [-0.2, -0.15) is 18.2 Å². The molecule has 0 radical (unpaired) electrons. The van der Waals surface area contributed by atoms with Crippen LogP contribution in [-0.4, -0.2) is 32.9 Å². The van der Waals surface area contributed by atoms with Crippen LogP contribution in [0.2, 0.25) is 0 Å². The van der Waals surface area contributed by atoms with Gasteiger partial charge in [0, 0.05) is 41.6 Å². The normalized spacial score (nSPS) is 11.3. The van der Waals surface area contributed by atoms with E-state index < -0.39 is 17.8 Å². The molecule has 0 fully saturated rings. The zero-order valence-corrected chi connectivity index (χ0v) is 18.2. The fraction of sp³-hybridized carbons (Fsp3) is 0.125. The molecule has 0 atom stereocenters.